The van der Waals surface area contributed by atoms with Crippen molar-refractivity contribution in [3.8, 4) is 0 Å². The Labute approximate surface area is 130 Å². The number of nitrogens with one attached hydrogen (secondary N) is 2. The van der Waals surface area contributed by atoms with Crippen molar-refractivity contribution < 1.29 is 9.00 Å². The fourth-order valence-corrected chi connectivity index (χ4v) is 4.22. The molecule has 0 aromatic rings. The molecule has 0 spiro atoms. The Balaban J connectivity index is 1.63. The van der Waals surface area contributed by atoms with Gasteiger partial charge in [0.05, 0.1) is 4.75 Å². The molecule has 0 radical (unpaired) electrons. The standard InChI is InChI=1S/C16H28N2O2S/c1-21(20)16(10-6-11-16)13-18-15(19)17-12-9-14-7-4-2-3-5-8-14/h7H,2-6,8-13H2,1H3,(H2,17,18,19)/t21-/m1/s1. The summed E-state index contributed by atoms with van der Waals surface area (Å²) in [6, 6.07) is -0.124. The molecule has 1 atom stereocenters. The van der Waals surface area contributed by atoms with Crippen molar-refractivity contribution in [3.05, 3.63) is 11.6 Å². The molecule has 0 aromatic heterocycles. The van der Waals surface area contributed by atoms with Crippen LogP contribution in [0.1, 0.15) is 57.8 Å². The van der Waals surface area contributed by atoms with Gasteiger partial charge >= 0.3 is 6.03 Å². The zero-order chi connectivity index (χ0) is 15.1. The van der Waals surface area contributed by atoms with E-state index in [9.17, 15) is 9.00 Å². The molecule has 0 saturated heterocycles. The Hall–Kier alpha value is -0.840. The average molecular weight is 312 g/mol. The van der Waals surface area contributed by atoms with Gasteiger partial charge in [0.2, 0.25) is 0 Å². The highest BCUT2D eigenvalue weighted by Gasteiger charge is 2.40. The van der Waals surface area contributed by atoms with Gasteiger partial charge in [-0.1, -0.05) is 24.5 Å². The quantitative estimate of drug-likeness (QED) is 0.741. The molecular weight excluding hydrogens is 284 g/mol. The molecule has 5 heteroatoms. The maximum atomic E-state index is 11.8. The second-order valence-electron chi connectivity index (χ2n) is 6.31. The van der Waals surface area contributed by atoms with Gasteiger partial charge in [0.25, 0.3) is 0 Å². The lowest BCUT2D eigenvalue weighted by Crippen LogP contribution is -2.52. The van der Waals surface area contributed by atoms with E-state index >= 15 is 0 Å². The maximum Gasteiger partial charge on any atom is 0.314 e. The van der Waals surface area contributed by atoms with Gasteiger partial charge in [0.1, 0.15) is 0 Å². The third-order valence-electron chi connectivity index (χ3n) is 4.81. The second kappa shape index (κ2) is 7.97. The molecule has 4 nitrogen and oxygen atoms in total. The molecule has 120 valence electrons. The van der Waals surface area contributed by atoms with E-state index in [1.54, 1.807) is 6.26 Å². The molecule has 0 aromatic carbocycles. The summed E-state index contributed by atoms with van der Waals surface area (Å²) in [6.07, 6.45) is 14.4. The topological polar surface area (TPSA) is 58.2 Å². The molecule has 1 saturated carbocycles. The monoisotopic (exact) mass is 312 g/mol. The van der Waals surface area contributed by atoms with Gasteiger partial charge in [-0.3, -0.25) is 4.21 Å². The fourth-order valence-electron chi connectivity index (χ4n) is 3.09. The normalized spacial score (nSPS) is 22.4. The molecule has 0 bridgehead atoms. The van der Waals surface area contributed by atoms with Crippen molar-refractivity contribution >= 4 is 16.8 Å². The van der Waals surface area contributed by atoms with Crippen molar-refractivity contribution in [2.75, 3.05) is 19.3 Å². The summed E-state index contributed by atoms with van der Waals surface area (Å²) in [5.41, 5.74) is 1.48. The van der Waals surface area contributed by atoms with Crippen molar-refractivity contribution in [1.82, 2.24) is 10.6 Å². The fraction of sp³-hybridized carbons (Fsp3) is 0.812. The van der Waals surface area contributed by atoms with Crippen molar-refractivity contribution in [2.45, 2.75) is 62.5 Å². The number of carbonyl (C=O) groups is 1. The first-order valence-corrected chi connectivity index (χ1v) is 9.71. The Morgan fingerprint density at radius 3 is 2.71 bits per heavy atom. The highest BCUT2D eigenvalue weighted by atomic mass is 32.2. The van der Waals surface area contributed by atoms with Gasteiger partial charge in [0.15, 0.2) is 0 Å². The zero-order valence-electron chi connectivity index (χ0n) is 13.1. The minimum atomic E-state index is -0.862. The summed E-state index contributed by atoms with van der Waals surface area (Å²) in [6.45, 7) is 1.23. The molecule has 2 rings (SSSR count). The van der Waals surface area contributed by atoms with Gasteiger partial charge in [-0.25, -0.2) is 4.79 Å². The largest absolute Gasteiger partial charge is 0.338 e. The lowest BCUT2D eigenvalue weighted by molar-refractivity contribution is 0.236. The van der Waals surface area contributed by atoms with E-state index in [1.807, 2.05) is 0 Å². The molecule has 0 unspecified atom stereocenters. The first-order valence-electron chi connectivity index (χ1n) is 8.15. The molecule has 1 fully saturated rings. The molecule has 2 N–H and O–H groups in total. The lowest BCUT2D eigenvalue weighted by atomic mass is 9.84. The van der Waals surface area contributed by atoms with Crippen LogP contribution in [0.3, 0.4) is 0 Å². The number of carbonyl (C=O) groups excluding carboxylic acids is 1. The van der Waals surface area contributed by atoms with Crippen molar-refractivity contribution in [1.29, 1.82) is 0 Å². The number of amides is 2. The van der Waals surface area contributed by atoms with Crippen LogP contribution in [0.5, 0.6) is 0 Å². The van der Waals surface area contributed by atoms with Gasteiger partial charge in [-0.05, 0) is 44.9 Å². The molecule has 0 heterocycles. The lowest BCUT2D eigenvalue weighted by Gasteiger charge is -2.39. The highest BCUT2D eigenvalue weighted by molar-refractivity contribution is 7.85. The van der Waals surface area contributed by atoms with Crippen LogP contribution in [0.25, 0.3) is 0 Å². The number of hydrogen-bond acceptors (Lipinski definition) is 2. The van der Waals surface area contributed by atoms with Crippen LogP contribution in [0.15, 0.2) is 11.6 Å². The van der Waals surface area contributed by atoms with Crippen molar-refractivity contribution in [2.24, 2.45) is 0 Å². The predicted octanol–water partition coefficient (Wildman–Crippen LogP) is 2.87. The summed E-state index contributed by atoms with van der Waals surface area (Å²) in [4.78, 5) is 11.8. The molecular formula is C16H28N2O2S. The molecule has 2 amide bonds. The minimum Gasteiger partial charge on any atom is -0.338 e. The Kier molecular flexibility index (Phi) is 6.27. The first kappa shape index (κ1) is 16.5. The summed E-state index contributed by atoms with van der Waals surface area (Å²) in [5, 5.41) is 5.81. The minimum absolute atomic E-state index is 0.124. The summed E-state index contributed by atoms with van der Waals surface area (Å²) < 4.78 is 11.6. The van der Waals surface area contributed by atoms with E-state index in [1.165, 1.54) is 37.7 Å². The van der Waals surface area contributed by atoms with Crippen LogP contribution in [-0.2, 0) is 10.8 Å². The number of allylic oxidation sites excluding steroid dienone is 1. The zero-order valence-corrected chi connectivity index (χ0v) is 13.9. The van der Waals surface area contributed by atoms with Crippen LogP contribution in [-0.4, -0.2) is 34.3 Å². The third kappa shape index (κ3) is 4.83. The van der Waals surface area contributed by atoms with Gasteiger partial charge in [-0.15, -0.1) is 0 Å². The van der Waals surface area contributed by atoms with Gasteiger partial charge in [0, 0.05) is 30.1 Å². The van der Waals surface area contributed by atoms with E-state index in [4.69, 9.17) is 0 Å². The molecule has 0 aliphatic heterocycles. The van der Waals surface area contributed by atoms with Crippen molar-refractivity contribution in [3.63, 3.8) is 0 Å². The first-order chi connectivity index (χ1) is 10.1. The second-order valence-corrected chi connectivity index (χ2v) is 8.09. The number of rotatable bonds is 6. The Bertz CT molecular complexity index is 417. The average Bonchev–Trinajstić information content (AvgIpc) is 2.66. The highest BCUT2D eigenvalue weighted by Crippen LogP contribution is 2.36. The Morgan fingerprint density at radius 1 is 1.24 bits per heavy atom. The molecule has 2 aliphatic carbocycles. The molecule has 21 heavy (non-hydrogen) atoms. The summed E-state index contributed by atoms with van der Waals surface area (Å²) in [7, 11) is -0.862. The Morgan fingerprint density at radius 2 is 2.05 bits per heavy atom. The number of urea groups is 1. The molecule has 2 aliphatic rings. The third-order valence-corrected chi connectivity index (χ3v) is 6.58. The van der Waals surface area contributed by atoms with Crippen LogP contribution in [0, 0.1) is 0 Å². The van der Waals surface area contributed by atoms with E-state index in [2.05, 4.69) is 16.7 Å². The van der Waals surface area contributed by atoms with E-state index in [0.29, 0.717) is 13.1 Å². The van der Waals surface area contributed by atoms with Crippen LogP contribution < -0.4 is 10.6 Å². The summed E-state index contributed by atoms with van der Waals surface area (Å²) in [5.74, 6) is 0. The SMILES string of the molecule is C[S@@](=O)C1(CNC(=O)NCCC2=CCCCCC2)CCC1. The van der Waals surface area contributed by atoms with Crippen LogP contribution in [0.4, 0.5) is 4.79 Å². The predicted molar refractivity (Wildman–Crippen MR) is 87.8 cm³/mol. The van der Waals surface area contributed by atoms with Crippen LogP contribution >= 0.6 is 0 Å². The summed E-state index contributed by atoms with van der Waals surface area (Å²) >= 11 is 0. The smallest absolute Gasteiger partial charge is 0.314 e. The van der Waals surface area contributed by atoms with Crippen LogP contribution in [0.2, 0.25) is 0 Å². The van der Waals surface area contributed by atoms with E-state index < -0.39 is 10.8 Å². The van der Waals surface area contributed by atoms with Gasteiger partial charge in [-0.2, -0.15) is 0 Å². The van der Waals surface area contributed by atoms with E-state index in [-0.39, 0.29) is 10.8 Å². The van der Waals surface area contributed by atoms with E-state index in [0.717, 1.165) is 25.7 Å². The number of hydrogen-bond donors (Lipinski definition) is 2. The maximum absolute atomic E-state index is 11.8. The van der Waals surface area contributed by atoms with Gasteiger partial charge < -0.3 is 10.6 Å².